The van der Waals surface area contributed by atoms with E-state index < -0.39 is 23.7 Å². The highest BCUT2D eigenvalue weighted by Gasteiger charge is 2.41. The van der Waals surface area contributed by atoms with Crippen molar-refractivity contribution in [3.63, 3.8) is 0 Å². The standard InChI is InChI=1S/C43H70O12/c1-9-29-21-33-13-17-36(50-33)25(5)40(44)48-24(4)20-32-12-16-37(49-32)26(6)41(45)53-30(10-2)22-34-14-18-39(51-34)28(8)43(47)55-31(11-3)23-35-15-19-38(52-35)27(7)42(46)54-29/h24-39H,9-23H2,1-8H3. The Hall–Kier alpha value is -2.28. The third-order valence-electron chi connectivity index (χ3n) is 13.0. The van der Waals surface area contributed by atoms with E-state index in [4.69, 9.17) is 37.9 Å². The zero-order valence-electron chi connectivity index (χ0n) is 34.7. The van der Waals surface area contributed by atoms with E-state index in [-0.39, 0.29) is 97.1 Å². The lowest BCUT2D eigenvalue weighted by atomic mass is 9.99. The Kier molecular flexibility index (Phi) is 16.3. The summed E-state index contributed by atoms with van der Waals surface area (Å²) in [6, 6.07) is 0. The molecule has 8 bridgehead atoms. The van der Waals surface area contributed by atoms with Crippen LogP contribution in [0, 0.1) is 23.7 Å². The van der Waals surface area contributed by atoms with Gasteiger partial charge in [0.25, 0.3) is 0 Å². The molecular weight excluding hydrogens is 708 g/mol. The summed E-state index contributed by atoms with van der Waals surface area (Å²) in [5.41, 5.74) is 0. The van der Waals surface area contributed by atoms with E-state index in [1.807, 2.05) is 55.4 Å². The minimum Gasteiger partial charge on any atom is -0.462 e. The maximum Gasteiger partial charge on any atom is 0.311 e. The Morgan fingerprint density at radius 2 is 0.636 bits per heavy atom. The number of ether oxygens (including phenoxy) is 8. The summed E-state index contributed by atoms with van der Waals surface area (Å²) in [7, 11) is 0. The topological polar surface area (TPSA) is 142 Å². The zero-order chi connectivity index (χ0) is 39.8. The molecule has 0 aromatic heterocycles. The third-order valence-corrected chi connectivity index (χ3v) is 13.0. The molecule has 16 atom stereocenters. The van der Waals surface area contributed by atoms with Crippen molar-refractivity contribution in [3.05, 3.63) is 0 Å². The van der Waals surface area contributed by atoms with E-state index >= 15 is 0 Å². The molecule has 5 rings (SSSR count). The lowest BCUT2D eigenvalue weighted by Gasteiger charge is -2.27. The van der Waals surface area contributed by atoms with Crippen LogP contribution in [-0.4, -0.2) is 97.1 Å². The van der Waals surface area contributed by atoms with Gasteiger partial charge in [-0.2, -0.15) is 0 Å². The summed E-state index contributed by atoms with van der Waals surface area (Å²) in [5, 5.41) is 0. The van der Waals surface area contributed by atoms with Crippen molar-refractivity contribution in [1.82, 2.24) is 0 Å². The summed E-state index contributed by atoms with van der Waals surface area (Å²) in [5.74, 6) is -2.86. The molecule has 5 heterocycles. The van der Waals surface area contributed by atoms with E-state index in [2.05, 4.69) is 0 Å². The highest BCUT2D eigenvalue weighted by atomic mass is 16.6. The number of hydrogen-bond donors (Lipinski definition) is 0. The van der Waals surface area contributed by atoms with Crippen LogP contribution in [0.5, 0.6) is 0 Å². The molecule has 0 saturated carbocycles. The van der Waals surface area contributed by atoms with Gasteiger partial charge in [-0.3, -0.25) is 19.2 Å². The fraction of sp³-hybridized carbons (Fsp3) is 0.907. The van der Waals surface area contributed by atoms with Crippen LogP contribution in [0.2, 0.25) is 0 Å². The van der Waals surface area contributed by atoms with Crippen LogP contribution in [0.1, 0.15) is 152 Å². The quantitative estimate of drug-likeness (QED) is 0.211. The van der Waals surface area contributed by atoms with Crippen LogP contribution < -0.4 is 0 Å². The number of rotatable bonds is 3. The minimum atomic E-state index is -0.435. The average Bonchev–Trinajstić information content (AvgIpc) is 4.01. The molecule has 0 spiro atoms. The molecule has 0 amide bonds. The van der Waals surface area contributed by atoms with Crippen LogP contribution in [0.25, 0.3) is 0 Å². The molecule has 12 nitrogen and oxygen atoms in total. The molecule has 5 saturated heterocycles. The van der Waals surface area contributed by atoms with Crippen LogP contribution in [-0.2, 0) is 57.1 Å². The summed E-state index contributed by atoms with van der Waals surface area (Å²) >= 11 is 0. The predicted octanol–water partition coefficient (Wildman–Crippen LogP) is 7.19. The van der Waals surface area contributed by atoms with Gasteiger partial charge in [-0.15, -0.1) is 0 Å². The predicted molar refractivity (Wildman–Crippen MR) is 203 cm³/mol. The Morgan fingerprint density at radius 1 is 0.382 bits per heavy atom. The first-order valence-electron chi connectivity index (χ1n) is 21.7. The normalized spacial score (nSPS) is 43.4. The molecule has 0 aromatic carbocycles. The van der Waals surface area contributed by atoms with Crippen molar-refractivity contribution in [2.75, 3.05) is 0 Å². The molecule has 0 aromatic rings. The molecule has 16 unspecified atom stereocenters. The maximum absolute atomic E-state index is 13.4. The smallest absolute Gasteiger partial charge is 0.311 e. The van der Waals surface area contributed by atoms with Gasteiger partial charge < -0.3 is 37.9 Å². The second-order valence-electron chi connectivity index (χ2n) is 17.2. The summed E-state index contributed by atoms with van der Waals surface area (Å²) in [6.07, 6.45) is 7.47. The Labute approximate surface area is 329 Å². The Balaban J connectivity index is 1.23. The van der Waals surface area contributed by atoms with Gasteiger partial charge in [0.05, 0.1) is 72.5 Å². The van der Waals surface area contributed by atoms with E-state index in [1.165, 1.54) is 0 Å². The molecule has 55 heavy (non-hydrogen) atoms. The van der Waals surface area contributed by atoms with E-state index in [1.54, 1.807) is 0 Å². The fourth-order valence-corrected chi connectivity index (χ4v) is 9.02. The first-order valence-corrected chi connectivity index (χ1v) is 21.7. The average molecular weight is 779 g/mol. The monoisotopic (exact) mass is 778 g/mol. The van der Waals surface area contributed by atoms with Crippen molar-refractivity contribution in [2.45, 2.75) is 225 Å². The van der Waals surface area contributed by atoms with Gasteiger partial charge in [-0.05, 0) is 105 Å². The molecular formula is C43H70O12. The number of carbonyl (C=O) groups excluding carboxylic acids is 4. The van der Waals surface area contributed by atoms with Gasteiger partial charge in [0.1, 0.15) is 24.4 Å². The van der Waals surface area contributed by atoms with Crippen molar-refractivity contribution < 1.29 is 57.1 Å². The second kappa shape index (κ2) is 20.4. The molecule has 5 aliphatic heterocycles. The zero-order valence-corrected chi connectivity index (χ0v) is 34.7. The first-order chi connectivity index (χ1) is 26.3. The SMILES string of the molecule is CCC1CC2CCC(O2)C(C)C(=O)OC(CC)CC2CCC(O2)C(C)C(=O)OC(CC)CC2CCC(O2)C(C)C(=O)OC(C)CC2CCC(O2)C(C)C(=O)O1. The lowest BCUT2D eigenvalue weighted by molar-refractivity contribution is -0.162. The minimum absolute atomic E-state index is 0.116. The van der Waals surface area contributed by atoms with Crippen LogP contribution >= 0.6 is 0 Å². The van der Waals surface area contributed by atoms with Gasteiger partial charge in [-0.25, -0.2) is 0 Å². The number of esters is 4. The summed E-state index contributed by atoms with van der Waals surface area (Å²) in [4.78, 5) is 53.2. The van der Waals surface area contributed by atoms with Crippen molar-refractivity contribution >= 4 is 23.9 Å². The van der Waals surface area contributed by atoms with E-state index in [0.717, 1.165) is 51.4 Å². The maximum atomic E-state index is 13.4. The second-order valence-corrected chi connectivity index (χ2v) is 17.2. The lowest BCUT2D eigenvalue weighted by Crippen LogP contribution is -2.34. The molecule has 0 N–H and O–H groups in total. The molecule has 314 valence electrons. The fourth-order valence-electron chi connectivity index (χ4n) is 9.02. The van der Waals surface area contributed by atoms with Crippen LogP contribution in [0.3, 0.4) is 0 Å². The van der Waals surface area contributed by atoms with Crippen LogP contribution in [0.15, 0.2) is 0 Å². The number of fused-ring (bicyclic) bond motifs is 8. The molecule has 5 fully saturated rings. The van der Waals surface area contributed by atoms with Gasteiger partial charge in [0.2, 0.25) is 0 Å². The van der Waals surface area contributed by atoms with Crippen molar-refractivity contribution in [2.24, 2.45) is 23.7 Å². The number of carbonyl (C=O) groups is 4. The van der Waals surface area contributed by atoms with Crippen molar-refractivity contribution in [1.29, 1.82) is 0 Å². The van der Waals surface area contributed by atoms with E-state index in [0.29, 0.717) is 44.9 Å². The molecule has 0 aliphatic carbocycles. The molecule has 5 aliphatic rings. The molecule has 12 heteroatoms. The third kappa shape index (κ3) is 11.9. The van der Waals surface area contributed by atoms with Crippen molar-refractivity contribution in [3.8, 4) is 0 Å². The van der Waals surface area contributed by atoms with Gasteiger partial charge >= 0.3 is 23.9 Å². The van der Waals surface area contributed by atoms with Gasteiger partial charge in [0, 0.05) is 25.7 Å². The van der Waals surface area contributed by atoms with Gasteiger partial charge in [-0.1, -0.05) is 20.8 Å². The summed E-state index contributed by atoms with van der Waals surface area (Å²) < 4.78 is 49.3. The largest absolute Gasteiger partial charge is 0.462 e. The number of cyclic esters (lactones) is 4. The summed E-state index contributed by atoms with van der Waals surface area (Å²) in [6.45, 7) is 15.3. The van der Waals surface area contributed by atoms with Gasteiger partial charge in [0.15, 0.2) is 0 Å². The molecule has 0 radical (unpaired) electrons. The Morgan fingerprint density at radius 3 is 0.909 bits per heavy atom. The first kappa shape index (κ1) is 43.8. The van der Waals surface area contributed by atoms with Crippen LogP contribution in [0.4, 0.5) is 0 Å². The highest BCUT2D eigenvalue weighted by Crippen LogP contribution is 2.35. The van der Waals surface area contributed by atoms with E-state index in [9.17, 15) is 19.2 Å². The Bertz CT molecular complexity index is 1270. The highest BCUT2D eigenvalue weighted by molar-refractivity contribution is 5.74. The number of hydrogen-bond acceptors (Lipinski definition) is 12.